The highest BCUT2D eigenvalue weighted by Crippen LogP contribution is 2.24. The number of nitriles is 1. The summed E-state index contributed by atoms with van der Waals surface area (Å²) in [6, 6.07) is 9.83. The number of fused-ring (bicyclic) bond motifs is 1. The van der Waals surface area contributed by atoms with E-state index in [9.17, 15) is 4.79 Å². The fraction of sp³-hybridized carbons (Fsp3) is 0.300. The summed E-state index contributed by atoms with van der Waals surface area (Å²) in [4.78, 5) is 28.0. The molecule has 1 aliphatic rings. The zero-order valence-corrected chi connectivity index (χ0v) is 17.0. The largest absolute Gasteiger partial charge is 0.368 e. The maximum Gasteiger partial charge on any atom is 0.269 e. The molecule has 0 aliphatic carbocycles. The minimum absolute atomic E-state index is 0.152. The van der Waals surface area contributed by atoms with E-state index in [4.69, 9.17) is 5.26 Å². The molecule has 0 atom stereocenters. The van der Waals surface area contributed by atoms with Crippen LogP contribution in [0.1, 0.15) is 17.0 Å². The first kappa shape index (κ1) is 18.6. The predicted molar refractivity (Wildman–Crippen MR) is 111 cm³/mol. The highest BCUT2D eigenvalue weighted by atomic mass is 79.9. The molecule has 0 bridgehead atoms. The molecule has 0 unspecified atom stereocenters. The molecule has 2 aromatic heterocycles. The molecular weight excluding hydrogens is 420 g/mol. The average molecular weight is 439 g/mol. The Hall–Kier alpha value is -2.76. The number of nitrogens with one attached hydrogen (secondary N) is 1. The second-order valence-electron chi connectivity index (χ2n) is 6.90. The number of rotatable bonds is 3. The number of nitrogens with zero attached hydrogens (tertiary/aromatic N) is 5. The van der Waals surface area contributed by atoms with Crippen LogP contribution in [0.4, 0.5) is 5.69 Å². The number of pyridine rings is 1. The molecule has 1 aliphatic heterocycles. The number of H-pyrrole nitrogens is 1. The molecule has 7 nitrogen and oxygen atoms in total. The lowest BCUT2D eigenvalue weighted by Gasteiger charge is -2.36. The van der Waals surface area contributed by atoms with Gasteiger partial charge < -0.3 is 9.88 Å². The van der Waals surface area contributed by atoms with Gasteiger partial charge in [-0.25, -0.2) is 9.97 Å². The summed E-state index contributed by atoms with van der Waals surface area (Å²) in [7, 11) is 0. The van der Waals surface area contributed by atoms with E-state index >= 15 is 0 Å². The molecule has 1 N–H and O–H groups in total. The number of piperazine rings is 1. The zero-order chi connectivity index (χ0) is 19.7. The van der Waals surface area contributed by atoms with E-state index in [1.807, 2.05) is 18.2 Å². The van der Waals surface area contributed by atoms with Gasteiger partial charge in [-0.2, -0.15) is 5.26 Å². The van der Waals surface area contributed by atoms with Crippen LogP contribution in [0.5, 0.6) is 0 Å². The topological polar surface area (TPSA) is 88.9 Å². The van der Waals surface area contributed by atoms with Crippen LogP contribution >= 0.6 is 15.9 Å². The van der Waals surface area contributed by atoms with Crippen LogP contribution in [0.25, 0.3) is 11.0 Å². The molecule has 142 valence electrons. The highest BCUT2D eigenvalue weighted by molar-refractivity contribution is 9.10. The van der Waals surface area contributed by atoms with E-state index in [1.54, 1.807) is 19.2 Å². The van der Waals surface area contributed by atoms with Crippen LogP contribution < -0.4 is 10.5 Å². The van der Waals surface area contributed by atoms with Crippen molar-refractivity contribution < 1.29 is 0 Å². The standard InChI is InChI=1S/C20H19BrN6O/c1-13-20(28)25-18-9-14(8-17(21)19(18)24-13)12-26-4-6-27(7-5-26)16-3-2-15(10-22)23-11-16/h2-3,8-9,11H,4-7,12H2,1H3,(H,25,28). The Morgan fingerprint density at radius 3 is 2.71 bits per heavy atom. The molecule has 1 saturated heterocycles. The highest BCUT2D eigenvalue weighted by Gasteiger charge is 2.18. The second kappa shape index (κ2) is 7.70. The molecule has 0 saturated carbocycles. The number of aromatic nitrogens is 3. The van der Waals surface area contributed by atoms with Crippen molar-refractivity contribution in [1.82, 2.24) is 19.9 Å². The minimum Gasteiger partial charge on any atom is -0.368 e. The third-order valence-electron chi connectivity index (χ3n) is 4.99. The van der Waals surface area contributed by atoms with Crippen molar-refractivity contribution in [1.29, 1.82) is 5.26 Å². The Morgan fingerprint density at radius 2 is 2.04 bits per heavy atom. The fourth-order valence-corrected chi connectivity index (χ4v) is 4.04. The molecule has 0 amide bonds. The summed E-state index contributed by atoms with van der Waals surface area (Å²) in [6.45, 7) is 6.18. The molecule has 4 rings (SSSR count). The molecule has 0 radical (unpaired) electrons. The van der Waals surface area contributed by atoms with E-state index in [0.29, 0.717) is 11.4 Å². The van der Waals surface area contributed by atoms with Crippen molar-refractivity contribution >= 4 is 32.7 Å². The average Bonchev–Trinajstić information content (AvgIpc) is 2.70. The van der Waals surface area contributed by atoms with Gasteiger partial charge in [0, 0.05) is 37.2 Å². The smallest absolute Gasteiger partial charge is 0.269 e. The minimum atomic E-state index is -0.152. The van der Waals surface area contributed by atoms with E-state index in [1.165, 1.54) is 0 Å². The SMILES string of the molecule is Cc1nc2c(Br)cc(CN3CCN(c4ccc(C#N)nc4)CC3)cc2[nH]c1=O. The number of hydrogen-bond acceptors (Lipinski definition) is 6. The zero-order valence-electron chi connectivity index (χ0n) is 15.4. The summed E-state index contributed by atoms with van der Waals surface area (Å²) in [6.07, 6.45) is 1.76. The van der Waals surface area contributed by atoms with Crippen molar-refractivity contribution in [3.63, 3.8) is 0 Å². The first-order valence-corrected chi connectivity index (χ1v) is 9.85. The third-order valence-corrected chi connectivity index (χ3v) is 5.59. The normalized spacial score (nSPS) is 15.0. The molecule has 3 aromatic rings. The van der Waals surface area contributed by atoms with Gasteiger partial charge in [-0.15, -0.1) is 0 Å². The van der Waals surface area contributed by atoms with Gasteiger partial charge in [-0.3, -0.25) is 9.69 Å². The summed E-state index contributed by atoms with van der Waals surface area (Å²) < 4.78 is 0.890. The number of anilines is 1. The van der Waals surface area contributed by atoms with Crippen molar-refractivity contribution in [3.8, 4) is 6.07 Å². The van der Waals surface area contributed by atoms with Crippen LogP contribution in [0.2, 0.25) is 0 Å². The molecule has 0 spiro atoms. The lowest BCUT2D eigenvalue weighted by atomic mass is 10.1. The number of aromatic amines is 1. The van der Waals surface area contributed by atoms with Crippen LogP contribution in [0.15, 0.2) is 39.7 Å². The first-order valence-electron chi connectivity index (χ1n) is 9.06. The number of halogens is 1. The lowest BCUT2D eigenvalue weighted by molar-refractivity contribution is 0.250. The Bertz CT molecular complexity index is 1110. The van der Waals surface area contributed by atoms with Crippen molar-refractivity contribution in [2.75, 3.05) is 31.1 Å². The molecule has 8 heteroatoms. The molecule has 1 aromatic carbocycles. The van der Waals surface area contributed by atoms with E-state index in [2.05, 4.69) is 46.7 Å². The van der Waals surface area contributed by atoms with Gasteiger partial charge in [0.1, 0.15) is 23.0 Å². The van der Waals surface area contributed by atoms with Crippen LogP contribution in [0, 0.1) is 18.3 Å². The lowest BCUT2D eigenvalue weighted by Crippen LogP contribution is -2.46. The van der Waals surface area contributed by atoms with Crippen molar-refractivity contribution in [2.45, 2.75) is 13.5 Å². The summed E-state index contributed by atoms with van der Waals surface area (Å²) >= 11 is 3.58. The number of benzene rings is 1. The Morgan fingerprint density at radius 1 is 1.25 bits per heavy atom. The number of hydrogen-bond donors (Lipinski definition) is 1. The monoisotopic (exact) mass is 438 g/mol. The van der Waals surface area contributed by atoms with Gasteiger partial charge in [-0.05, 0) is 52.7 Å². The van der Waals surface area contributed by atoms with Gasteiger partial charge in [0.05, 0.1) is 17.4 Å². The second-order valence-corrected chi connectivity index (χ2v) is 7.76. The van der Waals surface area contributed by atoms with Gasteiger partial charge in [0.15, 0.2) is 0 Å². The maximum atomic E-state index is 11.9. The van der Waals surface area contributed by atoms with Crippen LogP contribution in [0.3, 0.4) is 0 Å². The first-order chi connectivity index (χ1) is 13.5. The van der Waals surface area contributed by atoms with Gasteiger partial charge in [0.25, 0.3) is 5.56 Å². The molecule has 1 fully saturated rings. The molecular formula is C20H19BrN6O. The van der Waals surface area contributed by atoms with E-state index < -0.39 is 0 Å². The Labute approximate surface area is 170 Å². The van der Waals surface area contributed by atoms with Crippen molar-refractivity contribution in [2.24, 2.45) is 0 Å². The van der Waals surface area contributed by atoms with Gasteiger partial charge in [0.2, 0.25) is 0 Å². The molecule has 28 heavy (non-hydrogen) atoms. The van der Waals surface area contributed by atoms with Gasteiger partial charge in [-0.1, -0.05) is 0 Å². The maximum absolute atomic E-state index is 11.9. The van der Waals surface area contributed by atoms with Gasteiger partial charge >= 0.3 is 0 Å². The summed E-state index contributed by atoms with van der Waals surface area (Å²) in [5.74, 6) is 0. The number of aryl methyl sites for hydroxylation is 1. The van der Waals surface area contributed by atoms with Crippen LogP contribution in [-0.4, -0.2) is 46.0 Å². The Balaban J connectivity index is 1.45. The third kappa shape index (κ3) is 3.77. The quantitative estimate of drug-likeness (QED) is 0.675. The van der Waals surface area contributed by atoms with Crippen LogP contribution in [-0.2, 0) is 6.54 Å². The van der Waals surface area contributed by atoms with E-state index in [-0.39, 0.29) is 5.56 Å². The summed E-state index contributed by atoms with van der Waals surface area (Å²) in [5, 5.41) is 8.87. The Kier molecular flexibility index (Phi) is 5.11. The fourth-order valence-electron chi connectivity index (χ4n) is 3.45. The van der Waals surface area contributed by atoms with Crippen molar-refractivity contribution in [3.05, 3.63) is 62.2 Å². The molecule has 3 heterocycles. The summed E-state index contributed by atoms with van der Waals surface area (Å²) in [5.41, 5.74) is 4.46. The predicted octanol–water partition coefficient (Wildman–Crippen LogP) is 2.58. The van der Waals surface area contributed by atoms with E-state index in [0.717, 1.165) is 59.5 Å².